The molecule has 0 fully saturated rings. The highest BCUT2D eigenvalue weighted by Crippen LogP contribution is 2.16. The fourth-order valence-corrected chi connectivity index (χ4v) is 2.47. The Morgan fingerprint density at radius 1 is 1.20 bits per heavy atom. The number of benzene rings is 1. The predicted molar refractivity (Wildman–Crippen MR) is 99.1 cm³/mol. The van der Waals surface area contributed by atoms with Crippen molar-refractivity contribution in [3.05, 3.63) is 41.5 Å². The van der Waals surface area contributed by atoms with Gasteiger partial charge < -0.3 is 5.11 Å². The standard InChI is InChI=1S/C20H29NO4/c1-4-7-8-9-10-16-11-13-17(14-12-16)20(24)21(25-6-3)18(5-2)15-19(22)23/h9-14,18H,4-8,15H2,1-3H3,(H,22,23). The summed E-state index contributed by atoms with van der Waals surface area (Å²) in [5, 5.41) is 10.2. The third-order valence-electron chi connectivity index (χ3n) is 3.87. The summed E-state index contributed by atoms with van der Waals surface area (Å²) in [7, 11) is 0. The molecule has 0 saturated carbocycles. The van der Waals surface area contributed by atoms with Gasteiger partial charge in [0.05, 0.1) is 19.1 Å². The molecule has 1 rings (SSSR count). The van der Waals surface area contributed by atoms with E-state index in [2.05, 4.69) is 13.0 Å². The lowest BCUT2D eigenvalue weighted by atomic mass is 10.1. The van der Waals surface area contributed by atoms with Crippen LogP contribution in [0.1, 0.15) is 68.8 Å². The van der Waals surface area contributed by atoms with E-state index in [-0.39, 0.29) is 12.3 Å². The number of hydrogen-bond acceptors (Lipinski definition) is 3. The fraction of sp³-hybridized carbons (Fsp3) is 0.500. The lowest BCUT2D eigenvalue weighted by Crippen LogP contribution is -2.41. The van der Waals surface area contributed by atoms with Crippen LogP contribution in [0.2, 0.25) is 0 Å². The monoisotopic (exact) mass is 347 g/mol. The maximum Gasteiger partial charge on any atom is 0.305 e. The van der Waals surface area contributed by atoms with Crippen LogP contribution in [0.5, 0.6) is 0 Å². The molecule has 0 saturated heterocycles. The number of carboxylic acid groups (broad SMARTS) is 1. The molecule has 1 aromatic rings. The number of rotatable bonds is 11. The van der Waals surface area contributed by atoms with Crippen LogP contribution in [0.15, 0.2) is 30.3 Å². The van der Waals surface area contributed by atoms with E-state index in [9.17, 15) is 9.59 Å². The number of unbranched alkanes of at least 4 members (excludes halogenated alkanes) is 2. The SMILES string of the molecule is CCCCC=Cc1ccc(C(=O)N(OCC)C(CC)CC(=O)O)cc1. The van der Waals surface area contributed by atoms with E-state index < -0.39 is 12.0 Å². The minimum atomic E-state index is -0.947. The molecule has 1 unspecified atom stereocenters. The summed E-state index contributed by atoms with van der Waals surface area (Å²) in [5.74, 6) is -1.26. The molecule has 5 heteroatoms. The van der Waals surface area contributed by atoms with Crippen molar-refractivity contribution in [3.8, 4) is 0 Å². The second kappa shape index (κ2) is 11.4. The van der Waals surface area contributed by atoms with Gasteiger partial charge in [-0.1, -0.05) is 51.0 Å². The Bertz CT molecular complexity index is 566. The quantitative estimate of drug-likeness (QED) is 0.471. The molecular formula is C20H29NO4. The van der Waals surface area contributed by atoms with Crippen LogP contribution in [0.25, 0.3) is 6.08 Å². The van der Waals surface area contributed by atoms with Crippen molar-refractivity contribution < 1.29 is 19.5 Å². The maximum absolute atomic E-state index is 12.7. The summed E-state index contributed by atoms with van der Waals surface area (Å²) in [5.41, 5.74) is 1.52. The zero-order valence-corrected chi connectivity index (χ0v) is 15.4. The van der Waals surface area contributed by atoms with Crippen molar-refractivity contribution in [2.45, 2.75) is 58.9 Å². The van der Waals surface area contributed by atoms with Crippen LogP contribution in [-0.2, 0) is 9.63 Å². The molecule has 0 aliphatic carbocycles. The zero-order chi connectivity index (χ0) is 18.7. The predicted octanol–water partition coefficient (Wildman–Crippen LogP) is 4.54. The van der Waals surface area contributed by atoms with E-state index in [1.807, 2.05) is 25.1 Å². The Balaban J connectivity index is 2.86. The summed E-state index contributed by atoms with van der Waals surface area (Å²) in [6.07, 6.45) is 7.92. The molecule has 0 aliphatic rings. The van der Waals surface area contributed by atoms with Crippen LogP contribution >= 0.6 is 0 Å². The van der Waals surface area contributed by atoms with E-state index in [0.29, 0.717) is 18.6 Å². The molecule has 1 N–H and O–H groups in total. The lowest BCUT2D eigenvalue weighted by Gasteiger charge is -2.28. The van der Waals surface area contributed by atoms with Gasteiger partial charge in [0.25, 0.3) is 5.91 Å². The number of carbonyl (C=O) groups is 2. The first kappa shape index (κ1) is 20.9. The zero-order valence-electron chi connectivity index (χ0n) is 15.4. The van der Waals surface area contributed by atoms with E-state index in [1.165, 1.54) is 17.9 Å². The summed E-state index contributed by atoms with van der Waals surface area (Å²) >= 11 is 0. The molecule has 138 valence electrons. The number of hydrogen-bond donors (Lipinski definition) is 1. The number of carbonyl (C=O) groups excluding carboxylic acids is 1. The molecule has 25 heavy (non-hydrogen) atoms. The fourth-order valence-electron chi connectivity index (χ4n) is 2.47. The number of nitrogens with zero attached hydrogens (tertiary/aromatic N) is 1. The van der Waals surface area contributed by atoms with Crippen molar-refractivity contribution in [2.75, 3.05) is 6.61 Å². The van der Waals surface area contributed by atoms with Gasteiger partial charge in [0.1, 0.15) is 0 Å². The Labute approximate surface area is 150 Å². The molecule has 1 aromatic carbocycles. The van der Waals surface area contributed by atoms with Gasteiger partial charge in [0, 0.05) is 5.56 Å². The second-order valence-corrected chi connectivity index (χ2v) is 5.88. The highest BCUT2D eigenvalue weighted by molar-refractivity contribution is 5.94. The van der Waals surface area contributed by atoms with Gasteiger partial charge in [0.15, 0.2) is 0 Å². The van der Waals surface area contributed by atoms with Crippen molar-refractivity contribution >= 4 is 18.0 Å². The van der Waals surface area contributed by atoms with Crippen LogP contribution in [-0.4, -0.2) is 34.7 Å². The summed E-state index contributed by atoms with van der Waals surface area (Å²) < 4.78 is 0. The first-order chi connectivity index (χ1) is 12.0. The number of allylic oxidation sites excluding steroid dienone is 1. The topological polar surface area (TPSA) is 66.8 Å². The molecule has 0 radical (unpaired) electrons. The normalized spacial score (nSPS) is 12.3. The van der Waals surface area contributed by atoms with Gasteiger partial charge in [-0.2, -0.15) is 0 Å². The van der Waals surface area contributed by atoms with Crippen LogP contribution in [0.4, 0.5) is 0 Å². The Morgan fingerprint density at radius 2 is 1.88 bits per heavy atom. The van der Waals surface area contributed by atoms with E-state index in [1.54, 1.807) is 19.1 Å². The van der Waals surface area contributed by atoms with Gasteiger partial charge in [-0.15, -0.1) is 0 Å². The van der Waals surface area contributed by atoms with Crippen molar-refractivity contribution in [2.24, 2.45) is 0 Å². The molecule has 0 aliphatic heterocycles. The molecule has 0 aromatic heterocycles. The van der Waals surface area contributed by atoms with Crippen molar-refractivity contribution in [3.63, 3.8) is 0 Å². The van der Waals surface area contributed by atoms with Gasteiger partial charge >= 0.3 is 5.97 Å². The van der Waals surface area contributed by atoms with Gasteiger partial charge in [-0.05, 0) is 37.5 Å². The van der Waals surface area contributed by atoms with E-state index in [4.69, 9.17) is 9.94 Å². The van der Waals surface area contributed by atoms with Gasteiger partial charge in [-0.3, -0.25) is 14.4 Å². The van der Waals surface area contributed by atoms with Crippen LogP contribution in [0, 0.1) is 0 Å². The molecule has 1 amide bonds. The Kier molecular flexibility index (Phi) is 9.55. The molecular weight excluding hydrogens is 318 g/mol. The third-order valence-corrected chi connectivity index (χ3v) is 3.87. The smallest absolute Gasteiger partial charge is 0.305 e. The van der Waals surface area contributed by atoms with Crippen LogP contribution < -0.4 is 0 Å². The average Bonchev–Trinajstić information content (AvgIpc) is 2.61. The van der Waals surface area contributed by atoms with Crippen molar-refractivity contribution in [1.82, 2.24) is 5.06 Å². The summed E-state index contributed by atoms with van der Waals surface area (Å²) in [6, 6.07) is 6.79. The van der Waals surface area contributed by atoms with Gasteiger partial charge in [0.2, 0.25) is 0 Å². The molecule has 0 bridgehead atoms. The maximum atomic E-state index is 12.7. The third kappa shape index (κ3) is 7.10. The van der Waals surface area contributed by atoms with E-state index >= 15 is 0 Å². The largest absolute Gasteiger partial charge is 0.481 e. The van der Waals surface area contributed by atoms with Crippen LogP contribution in [0.3, 0.4) is 0 Å². The first-order valence-corrected chi connectivity index (χ1v) is 8.98. The highest BCUT2D eigenvalue weighted by atomic mass is 16.7. The van der Waals surface area contributed by atoms with E-state index in [0.717, 1.165) is 12.0 Å². The molecule has 5 nitrogen and oxygen atoms in total. The van der Waals surface area contributed by atoms with Gasteiger partial charge in [-0.25, -0.2) is 5.06 Å². The summed E-state index contributed by atoms with van der Waals surface area (Å²) in [6.45, 7) is 6.08. The first-order valence-electron chi connectivity index (χ1n) is 8.98. The Morgan fingerprint density at radius 3 is 2.40 bits per heavy atom. The number of amides is 1. The Hall–Kier alpha value is -2.14. The molecule has 0 spiro atoms. The number of hydroxylamine groups is 2. The molecule has 1 atom stereocenters. The minimum Gasteiger partial charge on any atom is -0.481 e. The lowest BCUT2D eigenvalue weighted by molar-refractivity contribution is -0.158. The van der Waals surface area contributed by atoms with Crippen molar-refractivity contribution in [1.29, 1.82) is 0 Å². The second-order valence-electron chi connectivity index (χ2n) is 5.88. The minimum absolute atomic E-state index is 0.138. The number of aliphatic carboxylic acids is 1. The highest BCUT2D eigenvalue weighted by Gasteiger charge is 2.26. The number of carboxylic acids is 1. The molecule has 0 heterocycles. The average molecular weight is 347 g/mol. The summed E-state index contributed by atoms with van der Waals surface area (Å²) in [4.78, 5) is 29.2.